The Morgan fingerprint density at radius 1 is 0.963 bits per heavy atom. The summed E-state index contributed by atoms with van der Waals surface area (Å²) in [5.41, 5.74) is 2.30. The Bertz CT molecular complexity index is 1160. The average Bonchev–Trinajstić information content (AvgIpc) is 2.68. The minimum atomic E-state index is -0.644. The number of hydrogen-bond donors (Lipinski definition) is 1. The van der Waals surface area contributed by atoms with Gasteiger partial charge >= 0.3 is 0 Å². The Labute approximate surface area is 159 Å². The number of benzene rings is 2. The van der Waals surface area contributed by atoms with Crippen LogP contribution in [0.1, 0.15) is 10.4 Å². The van der Waals surface area contributed by atoms with Crippen LogP contribution in [-0.4, -0.2) is 15.9 Å². The van der Waals surface area contributed by atoms with Gasteiger partial charge in [-0.1, -0.05) is 23.7 Å². The van der Waals surface area contributed by atoms with Crippen LogP contribution in [-0.2, 0) is 0 Å². The van der Waals surface area contributed by atoms with E-state index in [0.717, 1.165) is 10.9 Å². The second kappa shape index (κ2) is 7.13. The van der Waals surface area contributed by atoms with Gasteiger partial charge in [-0.3, -0.25) is 14.8 Å². The van der Waals surface area contributed by atoms with Crippen molar-refractivity contribution in [2.45, 2.75) is 0 Å². The Morgan fingerprint density at radius 2 is 1.78 bits per heavy atom. The lowest BCUT2D eigenvalue weighted by atomic mass is 10.1. The molecule has 0 unspecified atom stereocenters. The third-order valence-corrected chi connectivity index (χ3v) is 4.41. The maximum Gasteiger partial charge on any atom is 0.258 e. The highest BCUT2D eigenvalue weighted by atomic mass is 35.5. The molecule has 1 N–H and O–H groups in total. The number of halogens is 2. The highest BCUT2D eigenvalue weighted by molar-refractivity contribution is 6.33. The predicted molar refractivity (Wildman–Crippen MR) is 104 cm³/mol. The Morgan fingerprint density at radius 3 is 2.59 bits per heavy atom. The van der Waals surface area contributed by atoms with Gasteiger partial charge in [-0.05, 0) is 48.5 Å². The first-order valence-electron chi connectivity index (χ1n) is 8.18. The van der Waals surface area contributed by atoms with Gasteiger partial charge in [0.1, 0.15) is 5.82 Å². The molecule has 0 spiro atoms. The minimum Gasteiger partial charge on any atom is -0.322 e. The van der Waals surface area contributed by atoms with Gasteiger partial charge < -0.3 is 5.32 Å². The second-order valence-electron chi connectivity index (χ2n) is 5.89. The maximum atomic E-state index is 14.5. The summed E-state index contributed by atoms with van der Waals surface area (Å²) >= 11 is 6.10. The molecule has 1 amide bonds. The molecule has 0 bridgehead atoms. The molecule has 4 rings (SSSR count). The van der Waals surface area contributed by atoms with E-state index in [4.69, 9.17) is 11.6 Å². The summed E-state index contributed by atoms with van der Waals surface area (Å²) in [4.78, 5) is 20.9. The van der Waals surface area contributed by atoms with Crippen LogP contribution < -0.4 is 5.32 Å². The van der Waals surface area contributed by atoms with Gasteiger partial charge in [0.15, 0.2) is 0 Å². The zero-order chi connectivity index (χ0) is 18.8. The fraction of sp³-hybridized carbons (Fsp3) is 0. The average molecular weight is 378 g/mol. The largest absolute Gasteiger partial charge is 0.322 e. The normalized spacial score (nSPS) is 10.7. The summed E-state index contributed by atoms with van der Waals surface area (Å²) in [6, 6.07) is 16.7. The molecule has 4 nitrogen and oxygen atoms in total. The van der Waals surface area contributed by atoms with E-state index in [1.807, 2.05) is 12.1 Å². The molecular weight excluding hydrogens is 365 g/mol. The van der Waals surface area contributed by atoms with Crippen LogP contribution >= 0.6 is 11.6 Å². The fourth-order valence-electron chi connectivity index (χ4n) is 2.80. The second-order valence-corrected chi connectivity index (χ2v) is 6.30. The molecule has 0 saturated carbocycles. The zero-order valence-electron chi connectivity index (χ0n) is 14.0. The number of carbonyl (C=O) groups is 1. The molecule has 2 heterocycles. The molecule has 0 saturated heterocycles. The molecule has 27 heavy (non-hydrogen) atoms. The summed E-state index contributed by atoms with van der Waals surface area (Å²) in [6.45, 7) is 0. The third-order valence-electron chi connectivity index (χ3n) is 4.11. The quantitative estimate of drug-likeness (QED) is 0.524. The smallest absolute Gasteiger partial charge is 0.258 e. The van der Waals surface area contributed by atoms with Crippen LogP contribution in [0.15, 0.2) is 73.1 Å². The molecule has 0 fully saturated rings. The molecular formula is C21H13ClFN3O. The number of fused-ring (bicyclic) bond motifs is 1. The van der Waals surface area contributed by atoms with Crippen molar-refractivity contribution in [3.8, 4) is 11.3 Å². The van der Waals surface area contributed by atoms with E-state index in [1.165, 1.54) is 12.1 Å². The summed E-state index contributed by atoms with van der Waals surface area (Å²) in [5, 5.41) is 4.01. The molecule has 0 radical (unpaired) electrons. The lowest BCUT2D eigenvalue weighted by molar-refractivity contribution is 0.102. The van der Waals surface area contributed by atoms with E-state index >= 15 is 0 Å². The first kappa shape index (κ1) is 17.1. The van der Waals surface area contributed by atoms with Gasteiger partial charge in [-0.25, -0.2) is 4.39 Å². The molecule has 2 aromatic carbocycles. The van der Waals surface area contributed by atoms with E-state index in [9.17, 15) is 9.18 Å². The summed E-state index contributed by atoms with van der Waals surface area (Å²) < 4.78 is 14.5. The lowest BCUT2D eigenvalue weighted by Gasteiger charge is -2.09. The summed E-state index contributed by atoms with van der Waals surface area (Å²) in [5.74, 6) is -1.18. The Balaban J connectivity index is 1.60. The van der Waals surface area contributed by atoms with E-state index in [-0.39, 0.29) is 5.56 Å². The van der Waals surface area contributed by atoms with E-state index in [1.54, 1.807) is 48.8 Å². The van der Waals surface area contributed by atoms with Gasteiger partial charge in [-0.15, -0.1) is 0 Å². The SMILES string of the molecule is O=C(Nc1ccc2ncccc2c1)c1ccc(-c2ncccc2Cl)cc1F. The van der Waals surface area contributed by atoms with E-state index in [2.05, 4.69) is 15.3 Å². The summed E-state index contributed by atoms with van der Waals surface area (Å²) in [7, 11) is 0. The van der Waals surface area contributed by atoms with Gasteiger partial charge in [-0.2, -0.15) is 0 Å². The van der Waals surface area contributed by atoms with Crippen LogP contribution in [0.2, 0.25) is 5.02 Å². The number of pyridine rings is 2. The van der Waals surface area contributed by atoms with E-state index < -0.39 is 11.7 Å². The van der Waals surface area contributed by atoms with Crippen molar-refractivity contribution >= 4 is 34.1 Å². The van der Waals surface area contributed by atoms with Gasteiger partial charge in [0.05, 0.1) is 21.8 Å². The number of nitrogens with one attached hydrogen (secondary N) is 1. The van der Waals surface area contributed by atoms with Crippen LogP contribution in [0.5, 0.6) is 0 Å². The minimum absolute atomic E-state index is 0.0583. The monoisotopic (exact) mass is 377 g/mol. The first-order chi connectivity index (χ1) is 13.1. The van der Waals surface area contributed by atoms with Crippen molar-refractivity contribution in [2.75, 3.05) is 5.32 Å². The molecule has 0 aliphatic heterocycles. The topological polar surface area (TPSA) is 54.9 Å². The van der Waals surface area contributed by atoms with Crippen molar-refractivity contribution in [2.24, 2.45) is 0 Å². The summed E-state index contributed by atoms with van der Waals surface area (Å²) in [6.07, 6.45) is 3.28. The van der Waals surface area contributed by atoms with Crippen molar-refractivity contribution in [1.82, 2.24) is 9.97 Å². The molecule has 132 valence electrons. The standard InChI is InChI=1S/C21H13ClFN3O/c22-17-4-2-10-25-20(17)14-5-7-16(18(23)12-14)21(27)26-15-6-8-19-13(11-15)3-1-9-24-19/h1-12H,(H,26,27). The van der Waals surface area contributed by atoms with Crippen molar-refractivity contribution in [1.29, 1.82) is 0 Å². The van der Waals surface area contributed by atoms with Crippen molar-refractivity contribution < 1.29 is 9.18 Å². The van der Waals surface area contributed by atoms with Crippen LogP contribution in [0.4, 0.5) is 10.1 Å². The van der Waals surface area contributed by atoms with E-state index in [0.29, 0.717) is 22.0 Å². The van der Waals surface area contributed by atoms with Gasteiger partial charge in [0.25, 0.3) is 5.91 Å². The number of aromatic nitrogens is 2. The zero-order valence-corrected chi connectivity index (χ0v) is 14.7. The molecule has 6 heteroatoms. The highest BCUT2D eigenvalue weighted by Gasteiger charge is 2.15. The van der Waals surface area contributed by atoms with Crippen molar-refractivity contribution in [3.63, 3.8) is 0 Å². The molecule has 0 atom stereocenters. The van der Waals surface area contributed by atoms with Gasteiger partial charge in [0, 0.05) is 29.0 Å². The van der Waals surface area contributed by atoms with Crippen LogP contribution in [0.3, 0.4) is 0 Å². The van der Waals surface area contributed by atoms with Gasteiger partial charge in [0.2, 0.25) is 0 Å². The molecule has 0 aliphatic carbocycles. The number of nitrogens with zero attached hydrogens (tertiary/aromatic N) is 2. The number of anilines is 1. The van der Waals surface area contributed by atoms with Crippen molar-refractivity contribution in [3.05, 3.63) is 89.5 Å². The Kier molecular flexibility index (Phi) is 4.52. The predicted octanol–water partition coefficient (Wildman–Crippen LogP) is 5.34. The number of amides is 1. The lowest BCUT2D eigenvalue weighted by Crippen LogP contribution is -2.13. The third kappa shape index (κ3) is 3.50. The fourth-order valence-corrected chi connectivity index (χ4v) is 3.03. The number of carbonyl (C=O) groups excluding carboxylic acids is 1. The Hall–Kier alpha value is -3.31. The molecule has 0 aliphatic rings. The molecule has 4 aromatic rings. The highest BCUT2D eigenvalue weighted by Crippen LogP contribution is 2.27. The van der Waals surface area contributed by atoms with Crippen LogP contribution in [0.25, 0.3) is 22.2 Å². The molecule has 2 aromatic heterocycles. The first-order valence-corrected chi connectivity index (χ1v) is 8.56. The van der Waals surface area contributed by atoms with Crippen LogP contribution in [0, 0.1) is 5.82 Å². The number of rotatable bonds is 3. The maximum absolute atomic E-state index is 14.5. The number of hydrogen-bond acceptors (Lipinski definition) is 3.